The first kappa shape index (κ1) is 12.7. The number of benzene rings is 1. The van der Waals surface area contributed by atoms with Crippen LogP contribution in [0.3, 0.4) is 0 Å². The van der Waals surface area contributed by atoms with Gasteiger partial charge in [0.2, 0.25) is 0 Å². The van der Waals surface area contributed by atoms with Crippen molar-refractivity contribution in [1.82, 2.24) is 5.32 Å². The summed E-state index contributed by atoms with van der Waals surface area (Å²) in [4.78, 5) is 11.8. The summed E-state index contributed by atoms with van der Waals surface area (Å²) in [7, 11) is 0. The minimum atomic E-state index is -0.477. The minimum absolute atomic E-state index is 0.113. The number of carbonyl (C=O) groups excluding carboxylic acids is 1. The van der Waals surface area contributed by atoms with Crippen LogP contribution >= 0.6 is 0 Å². The number of hydrogen-bond acceptors (Lipinski definition) is 1. The van der Waals surface area contributed by atoms with Crippen molar-refractivity contribution in [1.29, 1.82) is 0 Å². The van der Waals surface area contributed by atoms with E-state index in [4.69, 9.17) is 0 Å². The van der Waals surface area contributed by atoms with Crippen LogP contribution < -0.4 is 5.32 Å². The lowest BCUT2D eigenvalue weighted by Gasteiger charge is -2.24. The molecule has 0 aliphatic carbocycles. The molecule has 1 rings (SSSR count). The zero-order valence-electron chi connectivity index (χ0n) is 10.2. The number of rotatable bonds is 3. The summed E-state index contributed by atoms with van der Waals surface area (Å²) in [6.45, 7) is 7.64. The van der Waals surface area contributed by atoms with Gasteiger partial charge < -0.3 is 5.32 Å². The van der Waals surface area contributed by atoms with Crippen LogP contribution in [-0.4, -0.2) is 11.4 Å². The Morgan fingerprint density at radius 1 is 1.44 bits per heavy atom. The first-order chi connectivity index (χ1) is 7.35. The summed E-state index contributed by atoms with van der Waals surface area (Å²) in [5.74, 6) is -0.831. The number of nitrogens with one attached hydrogen (secondary N) is 1. The lowest BCUT2D eigenvalue weighted by molar-refractivity contribution is 0.0907. The summed E-state index contributed by atoms with van der Waals surface area (Å²) < 4.78 is 13.4. The van der Waals surface area contributed by atoms with E-state index in [9.17, 15) is 9.18 Å². The van der Waals surface area contributed by atoms with Gasteiger partial charge in [0.05, 0.1) is 5.56 Å². The average molecular weight is 223 g/mol. The molecule has 1 amide bonds. The molecule has 16 heavy (non-hydrogen) atoms. The highest BCUT2D eigenvalue weighted by Gasteiger charge is 2.20. The van der Waals surface area contributed by atoms with Crippen molar-refractivity contribution < 1.29 is 9.18 Å². The molecule has 0 spiro atoms. The van der Waals surface area contributed by atoms with Crippen molar-refractivity contribution in [2.45, 2.75) is 39.7 Å². The zero-order valence-corrected chi connectivity index (χ0v) is 10.2. The highest BCUT2D eigenvalue weighted by atomic mass is 19.1. The first-order valence-corrected chi connectivity index (χ1v) is 5.44. The molecule has 2 nitrogen and oxygen atoms in total. The van der Waals surface area contributed by atoms with Crippen LogP contribution in [0.2, 0.25) is 0 Å². The smallest absolute Gasteiger partial charge is 0.254 e. The van der Waals surface area contributed by atoms with Gasteiger partial charge in [-0.2, -0.15) is 0 Å². The van der Waals surface area contributed by atoms with E-state index < -0.39 is 5.82 Å². The fraction of sp³-hybridized carbons (Fsp3) is 0.462. The van der Waals surface area contributed by atoms with E-state index in [0.717, 1.165) is 12.0 Å². The van der Waals surface area contributed by atoms with Gasteiger partial charge in [-0.3, -0.25) is 4.79 Å². The Balaban J connectivity index is 2.93. The maximum atomic E-state index is 13.4. The molecule has 0 heterocycles. The fourth-order valence-electron chi connectivity index (χ4n) is 1.28. The molecule has 0 aliphatic rings. The lowest BCUT2D eigenvalue weighted by atomic mass is 10.0. The zero-order chi connectivity index (χ0) is 12.3. The van der Waals surface area contributed by atoms with Crippen molar-refractivity contribution in [2.75, 3.05) is 0 Å². The molecule has 0 aliphatic heterocycles. The lowest BCUT2D eigenvalue weighted by Crippen LogP contribution is -2.43. The predicted molar refractivity (Wildman–Crippen MR) is 63.0 cm³/mol. The van der Waals surface area contributed by atoms with E-state index in [1.54, 1.807) is 12.1 Å². The molecule has 1 aromatic rings. The third kappa shape index (κ3) is 3.05. The van der Waals surface area contributed by atoms with Gasteiger partial charge in [0, 0.05) is 5.54 Å². The molecule has 0 saturated carbocycles. The molecule has 0 saturated heterocycles. The van der Waals surface area contributed by atoms with Gasteiger partial charge in [0.15, 0.2) is 0 Å². The second-order valence-electron chi connectivity index (χ2n) is 4.67. The molecule has 0 aromatic heterocycles. The number of amides is 1. The van der Waals surface area contributed by atoms with Gasteiger partial charge in [0.25, 0.3) is 5.91 Å². The Morgan fingerprint density at radius 2 is 2.06 bits per heavy atom. The molecule has 0 unspecified atom stereocenters. The van der Waals surface area contributed by atoms with E-state index in [0.29, 0.717) is 0 Å². The Morgan fingerprint density at radius 3 is 2.62 bits per heavy atom. The van der Waals surface area contributed by atoms with Gasteiger partial charge in [-0.25, -0.2) is 4.39 Å². The van der Waals surface area contributed by atoms with Crippen LogP contribution in [-0.2, 0) is 0 Å². The molecular weight excluding hydrogens is 205 g/mol. The van der Waals surface area contributed by atoms with Gasteiger partial charge in [0.1, 0.15) is 5.82 Å². The second kappa shape index (κ2) is 4.64. The van der Waals surface area contributed by atoms with Crippen LogP contribution in [0.15, 0.2) is 18.2 Å². The van der Waals surface area contributed by atoms with Crippen LogP contribution in [0.4, 0.5) is 4.39 Å². The summed E-state index contributed by atoms with van der Waals surface area (Å²) >= 11 is 0. The third-order valence-corrected chi connectivity index (χ3v) is 2.70. The average Bonchev–Trinajstić information content (AvgIpc) is 2.21. The Labute approximate surface area is 95.9 Å². The quantitative estimate of drug-likeness (QED) is 0.838. The van der Waals surface area contributed by atoms with E-state index >= 15 is 0 Å². The number of aryl methyl sites for hydroxylation is 1. The van der Waals surface area contributed by atoms with E-state index in [-0.39, 0.29) is 17.0 Å². The molecule has 88 valence electrons. The molecule has 0 fully saturated rings. The van der Waals surface area contributed by atoms with Crippen molar-refractivity contribution in [2.24, 2.45) is 0 Å². The maximum absolute atomic E-state index is 13.4. The van der Waals surface area contributed by atoms with Gasteiger partial charge >= 0.3 is 0 Å². The standard InChI is InChI=1S/C13H18FNO/c1-5-13(3,4)15-12(16)10-8-9(2)6-7-11(10)14/h6-8H,5H2,1-4H3,(H,15,16). The van der Waals surface area contributed by atoms with E-state index in [1.165, 1.54) is 6.07 Å². The first-order valence-electron chi connectivity index (χ1n) is 5.44. The summed E-state index contributed by atoms with van der Waals surface area (Å²) in [5, 5.41) is 2.81. The van der Waals surface area contributed by atoms with Crippen molar-refractivity contribution in [3.8, 4) is 0 Å². The molecule has 0 bridgehead atoms. The number of hydrogen-bond donors (Lipinski definition) is 1. The second-order valence-corrected chi connectivity index (χ2v) is 4.67. The largest absolute Gasteiger partial charge is 0.347 e. The molecule has 1 aromatic carbocycles. The minimum Gasteiger partial charge on any atom is -0.347 e. The van der Waals surface area contributed by atoms with Gasteiger partial charge in [-0.1, -0.05) is 18.6 Å². The molecule has 1 N–H and O–H groups in total. The summed E-state index contributed by atoms with van der Waals surface area (Å²) in [5.41, 5.74) is 0.676. The normalized spacial score (nSPS) is 11.3. The number of carbonyl (C=O) groups is 1. The van der Waals surface area contributed by atoms with Gasteiger partial charge in [-0.15, -0.1) is 0 Å². The highest BCUT2D eigenvalue weighted by Crippen LogP contribution is 2.13. The Bertz CT molecular complexity index is 399. The van der Waals surface area contributed by atoms with E-state index in [2.05, 4.69) is 5.32 Å². The molecule has 0 radical (unpaired) electrons. The molecule has 0 atom stereocenters. The van der Waals surface area contributed by atoms with Crippen molar-refractivity contribution in [3.05, 3.63) is 35.1 Å². The summed E-state index contributed by atoms with van der Waals surface area (Å²) in [6, 6.07) is 4.54. The molecular formula is C13H18FNO. The fourth-order valence-corrected chi connectivity index (χ4v) is 1.28. The monoisotopic (exact) mass is 223 g/mol. The highest BCUT2D eigenvalue weighted by molar-refractivity contribution is 5.95. The SMILES string of the molecule is CCC(C)(C)NC(=O)c1cc(C)ccc1F. The van der Waals surface area contributed by atoms with Crippen LogP contribution in [0.1, 0.15) is 43.1 Å². The van der Waals surface area contributed by atoms with E-state index in [1.807, 2.05) is 27.7 Å². The predicted octanol–water partition coefficient (Wildman–Crippen LogP) is 3.05. The van der Waals surface area contributed by atoms with Crippen molar-refractivity contribution >= 4 is 5.91 Å². The number of halogens is 1. The van der Waals surface area contributed by atoms with Crippen LogP contribution in [0.25, 0.3) is 0 Å². The Kier molecular flexibility index (Phi) is 3.68. The molecule has 3 heteroatoms. The van der Waals surface area contributed by atoms with Crippen LogP contribution in [0, 0.1) is 12.7 Å². The van der Waals surface area contributed by atoms with Crippen molar-refractivity contribution in [3.63, 3.8) is 0 Å². The topological polar surface area (TPSA) is 29.1 Å². The van der Waals surface area contributed by atoms with Crippen LogP contribution in [0.5, 0.6) is 0 Å². The summed E-state index contributed by atoms with van der Waals surface area (Å²) in [6.07, 6.45) is 0.798. The third-order valence-electron chi connectivity index (χ3n) is 2.70. The Hall–Kier alpha value is -1.38. The van der Waals surface area contributed by atoms with Gasteiger partial charge in [-0.05, 0) is 39.3 Å². The maximum Gasteiger partial charge on any atom is 0.254 e.